The summed E-state index contributed by atoms with van der Waals surface area (Å²) < 4.78 is 13.4. The average molecular weight is 402 g/mol. The van der Waals surface area contributed by atoms with Crippen molar-refractivity contribution in [1.29, 1.82) is 5.26 Å². The summed E-state index contributed by atoms with van der Waals surface area (Å²) in [6.07, 6.45) is 1.51. The van der Waals surface area contributed by atoms with Gasteiger partial charge < -0.3 is 5.11 Å². The van der Waals surface area contributed by atoms with E-state index in [-0.39, 0.29) is 22.0 Å². The van der Waals surface area contributed by atoms with E-state index in [9.17, 15) is 14.8 Å². The van der Waals surface area contributed by atoms with Crippen LogP contribution in [0, 0.1) is 17.1 Å². The van der Waals surface area contributed by atoms with Crippen molar-refractivity contribution < 1.29 is 9.50 Å². The van der Waals surface area contributed by atoms with Crippen LogP contribution in [0.5, 0.6) is 5.75 Å². The molecule has 140 valence electrons. The van der Waals surface area contributed by atoms with Gasteiger partial charge in [-0.05, 0) is 35.0 Å². The summed E-state index contributed by atoms with van der Waals surface area (Å²) in [5.41, 5.74) is 1.58. The van der Waals surface area contributed by atoms with Crippen molar-refractivity contribution in [2.24, 2.45) is 4.99 Å². The minimum atomic E-state index is -0.575. The van der Waals surface area contributed by atoms with E-state index in [1.165, 1.54) is 30.5 Å². The number of halogens is 2. The summed E-state index contributed by atoms with van der Waals surface area (Å²) in [4.78, 5) is 8.55. The molecule has 0 saturated heterocycles. The fourth-order valence-corrected chi connectivity index (χ4v) is 3.28. The van der Waals surface area contributed by atoms with Crippen LogP contribution in [0.3, 0.4) is 0 Å². The summed E-state index contributed by atoms with van der Waals surface area (Å²) in [7, 11) is 0. The smallest absolute Gasteiger partial charge is 0.152 e. The van der Waals surface area contributed by atoms with Gasteiger partial charge in [-0.15, -0.1) is 0 Å². The second-order valence-corrected chi connectivity index (χ2v) is 6.66. The molecule has 29 heavy (non-hydrogen) atoms. The van der Waals surface area contributed by atoms with Gasteiger partial charge in [0.05, 0.1) is 16.3 Å². The number of fused-ring (bicyclic) bond motifs is 1. The molecule has 1 heterocycles. The minimum absolute atomic E-state index is 0.0333. The summed E-state index contributed by atoms with van der Waals surface area (Å²) in [5.74, 6) is -0.730. The van der Waals surface area contributed by atoms with E-state index in [0.717, 1.165) is 16.3 Å². The molecule has 0 fully saturated rings. The van der Waals surface area contributed by atoms with Gasteiger partial charge in [-0.25, -0.2) is 9.38 Å². The summed E-state index contributed by atoms with van der Waals surface area (Å²) in [6, 6.07) is 20.9. The molecule has 0 amide bonds. The van der Waals surface area contributed by atoms with E-state index >= 15 is 0 Å². The van der Waals surface area contributed by atoms with E-state index in [1.54, 1.807) is 0 Å². The van der Waals surface area contributed by atoms with Crippen molar-refractivity contribution in [3.63, 3.8) is 0 Å². The normalized spacial score (nSPS) is 11.4. The standard InChI is InChI=1S/C23H13ClFN3O/c24-19-12-15(8-9-20(19)25)28-21(13-26)18-10-11-27-22(23(18)29)17-7-3-5-14-4-1-2-6-16(14)17/h1-12,29H. The summed E-state index contributed by atoms with van der Waals surface area (Å²) in [6.45, 7) is 0. The molecule has 4 aromatic rings. The van der Waals surface area contributed by atoms with E-state index in [0.29, 0.717) is 11.4 Å². The van der Waals surface area contributed by atoms with E-state index < -0.39 is 5.82 Å². The van der Waals surface area contributed by atoms with Crippen LogP contribution in [0.1, 0.15) is 5.56 Å². The third-order valence-electron chi connectivity index (χ3n) is 4.47. The molecule has 0 bridgehead atoms. The van der Waals surface area contributed by atoms with Crippen molar-refractivity contribution in [3.05, 3.63) is 89.3 Å². The number of aromatic nitrogens is 1. The molecule has 4 rings (SSSR count). The molecule has 0 aliphatic rings. The number of nitrogens with zero attached hydrogens (tertiary/aromatic N) is 3. The maximum absolute atomic E-state index is 13.4. The highest BCUT2D eigenvalue weighted by atomic mass is 35.5. The quantitative estimate of drug-likeness (QED) is 0.425. The summed E-state index contributed by atoms with van der Waals surface area (Å²) in [5, 5.41) is 22.3. The Balaban J connectivity index is 1.87. The molecule has 0 atom stereocenters. The monoisotopic (exact) mass is 401 g/mol. The maximum Gasteiger partial charge on any atom is 0.152 e. The first-order valence-electron chi connectivity index (χ1n) is 8.69. The highest BCUT2D eigenvalue weighted by molar-refractivity contribution is 6.31. The van der Waals surface area contributed by atoms with Gasteiger partial charge in [-0.3, -0.25) is 4.98 Å². The lowest BCUT2D eigenvalue weighted by atomic mass is 9.99. The predicted octanol–water partition coefficient (Wildman–Crippen LogP) is 6.04. The Bertz CT molecular complexity index is 1310. The molecule has 0 spiro atoms. The van der Waals surface area contributed by atoms with Gasteiger partial charge in [0.1, 0.15) is 17.6 Å². The van der Waals surface area contributed by atoms with Gasteiger partial charge in [0, 0.05) is 11.8 Å². The second kappa shape index (κ2) is 7.70. The molecule has 0 radical (unpaired) electrons. The average Bonchev–Trinajstić information content (AvgIpc) is 2.74. The molecule has 0 aliphatic carbocycles. The Morgan fingerprint density at radius 2 is 1.86 bits per heavy atom. The lowest BCUT2D eigenvalue weighted by Gasteiger charge is -2.10. The minimum Gasteiger partial charge on any atom is -0.505 e. The van der Waals surface area contributed by atoms with Crippen LogP contribution in [0.15, 0.2) is 77.9 Å². The molecule has 1 N–H and O–H groups in total. The number of hydrogen-bond donors (Lipinski definition) is 1. The van der Waals surface area contributed by atoms with Crippen molar-refractivity contribution in [1.82, 2.24) is 4.98 Å². The highest BCUT2D eigenvalue weighted by Gasteiger charge is 2.17. The molecule has 0 unspecified atom stereocenters. The van der Waals surface area contributed by atoms with Gasteiger partial charge in [-0.2, -0.15) is 5.26 Å². The zero-order valence-electron chi connectivity index (χ0n) is 15.0. The largest absolute Gasteiger partial charge is 0.505 e. The molecular weight excluding hydrogens is 389 g/mol. The first-order chi connectivity index (χ1) is 14.1. The number of hydrogen-bond acceptors (Lipinski definition) is 4. The lowest BCUT2D eigenvalue weighted by Crippen LogP contribution is -2.00. The first kappa shape index (κ1) is 18.6. The van der Waals surface area contributed by atoms with Crippen LogP contribution in [-0.2, 0) is 0 Å². The van der Waals surface area contributed by atoms with Gasteiger partial charge in [0.2, 0.25) is 0 Å². The van der Waals surface area contributed by atoms with Crippen LogP contribution in [0.4, 0.5) is 10.1 Å². The van der Waals surface area contributed by atoms with E-state index in [4.69, 9.17) is 11.6 Å². The Labute approximate surface area is 171 Å². The van der Waals surface area contributed by atoms with Gasteiger partial charge in [-0.1, -0.05) is 54.1 Å². The second-order valence-electron chi connectivity index (χ2n) is 6.25. The zero-order chi connectivity index (χ0) is 20.4. The first-order valence-corrected chi connectivity index (χ1v) is 9.06. The number of aromatic hydroxyl groups is 1. The number of benzene rings is 3. The van der Waals surface area contributed by atoms with Crippen molar-refractivity contribution >= 4 is 33.8 Å². The molecule has 0 aliphatic heterocycles. The Kier molecular flexibility index (Phi) is 4.94. The number of rotatable bonds is 3. The zero-order valence-corrected chi connectivity index (χ0v) is 15.7. The number of aliphatic imine (C=N–C) groups is 1. The molecule has 3 aromatic carbocycles. The van der Waals surface area contributed by atoms with Gasteiger partial charge >= 0.3 is 0 Å². The third-order valence-corrected chi connectivity index (χ3v) is 4.76. The van der Waals surface area contributed by atoms with E-state index in [1.807, 2.05) is 48.5 Å². The topological polar surface area (TPSA) is 69.3 Å². The van der Waals surface area contributed by atoms with Gasteiger partial charge in [0.25, 0.3) is 0 Å². The van der Waals surface area contributed by atoms with Crippen molar-refractivity contribution in [2.45, 2.75) is 0 Å². The molecule has 0 saturated carbocycles. The van der Waals surface area contributed by atoms with E-state index in [2.05, 4.69) is 9.98 Å². The molecule has 6 heteroatoms. The maximum atomic E-state index is 13.4. The molecular formula is C23H13ClFN3O. The van der Waals surface area contributed by atoms with Crippen LogP contribution in [0.25, 0.3) is 22.0 Å². The highest BCUT2D eigenvalue weighted by Crippen LogP contribution is 2.35. The third kappa shape index (κ3) is 3.54. The van der Waals surface area contributed by atoms with Crippen LogP contribution in [-0.4, -0.2) is 15.8 Å². The molecule has 4 nitrogen and oxygen atoms in total. The Morgan fingerprint density at radius 3 is 2.66 bits per heavy atom. The summed E-state index contributed by atoms with van der Waals surface area (Å²) >= 11 is 5.79. The van der Waals surface area contributed by atoms with Crippen molar-refractivity contribution in [3.8, 4) is 23.1 Å². The van der Waals surface area contributed by atoms with Crippen molar-refractivity contribution in [2.75, 3.05) is 0 Å². The number of nitriles is 1. The molecule has 1 aromatic heterocycles. The fourth-order valence-electron chi connectivity index (χ4n) is 3.10. The van der Waals surface area contributed by atoms with Gasteiger partial charge in [0.15, 0.2) is 11.5 Å². The van der Waals surface area contributed by atoms with Crippen LogP contribution in [0.2, 0.25) is 5.02 Å². The Hall–Kier alpha value is -3.75. The predicted molar refractivity (Wildman–Crippen MR) is 112 cm³/mol. The number of pyridine rings is 1. The Morgan fingerprint density at radius 1 is 1.07 bits per heavy atom. The lowest BCUT2D eigenvalue weighted by molar-refractivity contribution is 0.474. The SMILES string of the molecule is N#CC(=Nc1ccc(F)c(Cl)c1)c1ccnc(-c2cccc3ccccc23)c1O. The fraction of sp³-hybridized carbons (Fsp3) is 0. The van der Waals surface area contributed by atoms with Crippen LogP contribution >= 0.6 is 11.6 Å². The van der Waals surface area contributed by atoms with Crippen LogP contribution < -0.4 is 0 Å².